The normalized spacial score (nSPS) is 17.0. The van der Waals surface area contributed by atoms with E-state index in [2.05, 4.69) is 39.7 Å². The van der Waals surface area contributed by atoms with Crippen molar-refractivity contribution in [3.8, 4) is 11.4 Å². The van der Waals surface area contributed by atoms with Gasteiger partial charge >= 0.3 is 5.97 Å². The Morgan fingerprint density at radius 2 is 1.76 bits per heavy atom. The molecule has 5 rings (SSSR count). The lowest BCUT2D eigenvalue weighted by Crippen LogP contribution is -2.29. The van der Waals surface area contributed by atoms with E-state index < -0.39 is 0 Å². The highest BCUT2D eigenvalue weighted by Gasteiger charge is 2.42. The van der Waals surface area contributed by atoms with Crippen LogP contribution in [0.5, 0.6) is 5.75 Å². The van der Waals surface area contributed by atoms with Gasteiger partial charge in [-0.3, -0.25) is 4.98 Å². The Labute approximate surface area is 221 Å². The van der Waals surface area contributed by atoms with Crippen molar-refractivity contribution in [1.29, 1.82) is 0 Å². The Hall–Kier alpha value is -4.17. The number of carbonyl (C=O) groups excluding carboxylic acids is 1. The smallest absolute Gasteiger partial charge is 0.337 e. The van der Waals surface area contributed by atoms with Crippen LogP contribution in [0.1, 0.15) is 45.1 Å². The second-order valence-corrected chi connectivity index (χ2v) is 9.29. The molecule has 7 nitrogen and oxygen atoms in total. The predicted molar refractivity (Wildman–Crippen MR) is 148 cm³/mol. The van der Waals surface area contributed by atoms with Gasteiger partial charge in [0.1, 0.15) is 5.75 Å². The van der Waals surface area contributed by atoms with Gasteiger partial charge in [0.2, 0.25) is 0 Å². The van der Waals surface area contributed by atoms with Crippen LogP contribution in [0, 0.1) is 13.8 Å². The highest BCUT2D eigenvalue weighted by atomic mass is 32.1. The average Bonchev–Trinajstić information content (AvgIpc) is 3.43. The minimum atomic E-state index is -0.356. The molecule has 0 unspecified atom stereocenters. The topological polar surface area (TPSA) is 68.6 Å². The summed E-state index contributed by atoms with van der Waals surface area (Å²) >= 11 is 5.88. The molecular formula is C29H28N4O3S. The fourth-order valence-electron chi connectivity index (χ4n) is 5.06. The molecule has 0 amide bonds. The third-order valence-electron chi connectivity index (χ3n) is 6.77. The van der Waals surface area contributed by atoms with Gasteiger partial charge in [-0.05, 0) is 86.2 Å². The molecule has 0 saturated carbocycles. The fourth-order valence-corrected chi connectivity index (χ4v) is 5.40. The summed E-state index contributed by atoms with van der Waals surface area (Å²) in [5, 5.41) is 4.15. The lowest BCUT2D eigenvalue weighted by atomic mass is 9.96. The molecule has 188 valence electrons. The zero-order valence-corrected chi connectivity index (χ0v) is 22.0. The molecular weight excluding hydrogens is 484 g/mol. The van der Waals surface area contributed by atoms with Crippen LogP contribution in [-0.2, 0) is 4.74 Å². The first kappa shape index (κ1) is 24.5. The first-order valence-electron chi connectivity index (χ1n) is 11.9. The molecule has 0 spiro atoms. The largest absolute Gasteiger partial charge is 0.497 e. The number of thiocarbonyl (C=S) groups is 1. The summed E-state index contributed by atoms with van der Waals surface area (Å²) in [7, 11) is 3.04. The van der Waals surface area contributed by atoms with Gasteiger partial charge in [0.15, 0.2) is 5.11 Å². The van der Waals surface area contributed by atoms with Crippen LogP contribution < -0.4 is 15.0 Å². The van der Waals surface area contributed by atoms with E-state index in [0.717, 1.165) is 39.8 Å². The van der Waals surface area contributed by atoms with Gasteiger partial charge < -0.3 is 24.3 Å². The van der Waals surface area contributed by atoms with Crippen LogP contribution in [-0.4, -0.2) is 34.9 Å². The van der Waals surface area contributed by atoms with E-state index in [4.69, 9.17) is 21.7 Å². The summed E-state index contributed by atoms with van der Waals surface area (Å²) < 4.78 is 12.5. The molecule has 0 radical (unpaired) electrons. The zero-order chi connectivity index (χ0) is 26.1. The number of pyridine rings is 1. The van der Waals surface area contributed by atoms with E-state index in [-0.39, 0.29) is 18.1 Å². The summed E-state index contributed by atoms with van der Waals surface area (Å²) in [6.45, 7) is 4.19. The summed E-state index contributed by atoms with van der Waals surface area (Å²) in [6, 6.07) is 23.2. The van der Waals surface area contributed by atoms with Gasteiger partial charge in [0.25, 0.3) is 0 Å². The Bertz CT molecular complexity index is 1450. The molecule has 1 aliphatic rings. The number of benzene rings is 2. The minimum Gasteiger partial charge on any atom is -0.497 e. The van der Waals surface area contributed by atoms with Crippen LogP contribution in [0.3, 0.4) is 0 Å². The maximum atomic E-state index is 11.9. The number of nitrogens with one attached hydrogen (secondary N) is 1. The number of rotatable bonds is 6. The monoisotopic (exact) mass is 512 g/mol. The van der Waals surface area contributed by atoms with Crippen molar-refractivity contribution < 1.29 is 14.3 Å². The van der Waals surface area contributed by atoms with E-state index in [9.17, 15) is 4.79 Å². The number of esters is 1. The van der Waals surface area contributed by atoms with Crippen molar-refractivity contribution in [1.82, 2.24) is 14.9 Å². The van der Waals surface area contributed by atoms with Crippen LogP contribution >= 0.6 is 12.2 Å². The number of ether oxygens (including phenoxy) is 2. The molecule has 3 heterocycles. The number of nitrogens with zero attached hydrogens (tertiary/aromatic N) is 3. The van der Waals surface area contributed by atoms with Crippen LogP contribution in [0.2, 0.25) is 0 Å². The molecule has 1 saturated heterocycles. The van der Waals surface area contributed by atoms with Crippen LogP contribution in [0.4, 0.5) is 5.69 Å². The Morgan fingerprint density at radius 1 is 0.973 bits per heavy atom. The van der Waals surface area contributed by atoms with Crippen molar-refractivity contribution in [3.05, 3.63) is 107 Å². The Morgan fingerprint density at radius 3 is 2.43 bits per heavy atom. The van der Waals surface area contributed by atoms with E-state index in [1.165, 1.54) is 7.11 Å². The molecule has 2 aromatic heterocycles. The van der Waals surface area contributed by atoms with E-state index in [1.54, 1.807) is 25.4 Å². The van der Waals surface area contributed by atoms with Crippen molar-refractivity contribution in [2.24, 2.45) is 0 Å². The van der Waals surface area contributed by atoms with E-state index in [0.29, 0.717) is 10.7 Å². The number of methoxy groups -OCH3 is 2. The lowest BCUT2D eigenvalue weighted by Gasteiger charge is -2.28. The van der Waals surface area contributed by atoms with E-state index >= 15 is 0 Å². The maximum absolute atomic E-state index is 11.9. The summed E-state index contributed by atoms with van der Waals surface area (Å²) in [4.78, 5) is 18.7. The molecule has 37 heavy (non-hydrogen) atoms. The summed E-state index contributed by atoms with van der Waals surface area (Å²) in [6.07, 6.45) is 1.80. The van der Waals surface area contributed by atoms with Crippen LogP contribution in [0.25, 0.3) is 5.69 Å². The quantitative estimate of drug-likeness (QED) is 0.272. The zero-order valence-electron chi connectivity index (χ0n) is 21.1. The first-order chi connectivity index (χ1) is 17.9. The summed E-state index contributed by atoms with van der Waals surface area (Å²) in [5.41, 5.74) is 6.60. The average molecular weight is 513 g/mol. The van der Waals surface area contributed by atoms with Crippen molar-refractivity contribution in [2.75, 3.05) is 19.1 Å². The SMILES string of the molecule is COC(=O)c1ccc(-n2c(C)cc([C@@H]3[C@H](c4ccccn4)NC(=S)N3c3cccc(OC)c3)c2C)cc1. The fraction of sp³-hybridized carbons (Fsp3) is 0.207. The predicted octanol–water partition coefficient (Wildman–Crippen LogP) is 5.46. The third-order valence-corrected chi connectivity index (χ3v) is 7.08. The molecule has 0 aliphatic carbocycles. The molecule has 4 aromatic rings. The molecule has 0 bridgehead atoms. The number of anilines is 1. The maximum Gasteiger partial charge on any atom is 0.337 e. The highest BCUT2D eigenvalue weighted by molar-refractivity contribution is 7.80. The van der Waals surface area contributed by atoms with Crippen molar-refractivity contribution in [2.45, 2.75) is 25.9 Å². The van der Waals surface area contributed by atoms with Gasteiger partial charge in [-0.2, -0.15) is 0 Å². The minimum absolute atomic E-state index is 0.149. The van der Waals surface area contributed by atoms with Gasteiger partial charge in [-0.1, -0.05) is 12.1 Å². The van der Waals surface area contributed by atoms with Crippen molar-refractivity contribution >= 4 is 29.0 Å². The second kappa shape index (κ2) is 10.1. The summed E-state index contributed by atoms with van der Waals surface area (Å²) in [5.74, 6) is 0.405. The highest BCUT2D eigenvalue weighted by Crippen LogP contribution is 2.44. The molecule has 1 aliphatic heterocycles. The van der Waals surface area contributed by atoms with Crippen LogP contribution in [0.15, 0.2) is 79.0 Å². The molecule has 1 N–H and O–H groups in total. The molecule has 1 fully saturated rings. The number of hydrogen-bond donors (Lipinski definition) is 1. The van der Waals surface area contributed by atoms with E-state index in [1.807, 2.05) is 54.6 Å². The first-order valence-corrected chi connectivity index (χ1v) is 12.4. The van der Waals surface area contributed by atoms with Gasteiger partial charge in [-0.15, -0.1) is 0 Å². The molecule has 2 atom stereocenters. The molecule has 2 aromatic carbocycles. The van der Waals surface area contributed by atoms with Gasteiger partial charge in [0.05, 0.1) is 37.6 Å². The molecule has 8 heteroatoms. The number of carbonyl (C=O) groups is 1. The second-order valence-electron chi connectivity index (χ2n) is 8.90. The Kier molecular flexibility index (Phi) is 6.67. The lowest BCUT2D eigenvalue weighted by molar-refractivity contribution is 0.0600. The van der Waals surface area contributed by atoms with Crippen molar-refractivity contribution in [3.63, 3.8) is 0 Å². The number of aryl methyl sites for hydroxylation is 1. The van der Waals surface area contributed by atoms with Gasteiger partial charge in [0, 0.05) is 35.0 Å². The number of hydrogen-bond acceptors (Lipinski definition) is 5. The van der Waals surface area contributed by atoms with Gasteiger partial charge in [-0.25, -0.2) is 4.79 Å². The standard InChI is InChI=1S/C29H28N4O3S/c1-18-16-24(19(2)32(18)21-13-11-20(12-14-21)28(34)36-4)27-26(25-10-5-6-15-30-25)31-29(37)33(27)22-8-7-9-23(17-22)35-3/h5-17,26-27H,1-4H3,(H,31,37)/t26-,27+/m0/s1. The third kappa shape index (κ3) is 4.44. The Balaban J connectivity index is 1.63. The number of aromatic nitrogens is 2.